The van der Waals surface area contributed by atoms with Crippen LogP contribution in [-0.2, 0) is 5.92 Å². The molecule has 0 amide bonds. The topological polar surface area (TPSA) is 28.7 Å². The number of hydrogen-bond acceptors (Lipinski definition) is 1. The fourth-order valence-electron chi connectivity index (χ4n) is 1.47. The average molecular weight is 262 g/mol. The quantitative estimate of drug-likeness (QED) is 0.821. The van der Waals surface area contributed by atoms with Crippen molar-refractivity contribution in [1.82, 2.24) is 10.2 Å². The van der Waals surface area contributed by atoms with Crippen LogP contribution in [0, 0.1) is 0 Å². The molecule has 0 radical (unpaired) electrons. The van der Waals surface area contributed by atoms with Crippen molar-refractivity contribution < 1.29 is 22.0 Å². The number of nitrogens with zero attached hydrogens (tertiary/aromatic N) is 1. The van der Waals surface area contributed by atoms with Crippen LogP contribution in [0.3, 0.4) is 0 Å². The monoisotopic (exact) mass is 262 g/mol. The molecule has 7 heteroatoms. The van der Waals surface area contributed by atoms with E-state index < -0.39 is 17.7 Å². The van der Waals surface area contributed by atoms with Crippen LogP contribution in [0.25, 0.3) is 11.1 Å². The number of aromatic nitrogens is 2. The Balaban J connectivity index is 2.46. The Kier molecular flexibility index (Phi) is 2.84. The lowest BCUT2D eigenvalue weighted by atomic mass is 10.0. The molecule has 0 saturated heterocycles. The third-order valence-electron chi connectivity index (χ3n) is 2.41. The highest BCUT2D eigenvalue weighted by molar-refractivity contribution is 5.62. The van der Waals surface area contributed by atoms with Crippen LogP contribution in [0.1, 0.15) is 5.56 Å². The Bertz CT molecular complexity index is 531. The van der Waals surface area contributed by atoms with Gasteiger partial charge in [-0.1, -0.05) is 18.2 Å². The van der Waals surface area contributed by atoms with Crippen molar-refractivity contribution in [3.8, 4) is 11.1 Å². The molecule has 0 bridgehead atoms. The molecule has 0 atom stereocenters. The maximum atomic E-state index is 13.1. The largest absolute Gasteiger partial charge is 0.458 e. The van der Waals surface area contributed by atoms with Gasteiger partial charge in [-0.3, -0.25) is 5.10 Å². The summed E-state index contributed by atoms with van der Waals surface area (Å²) >= 11 is 0. The highest BCUT2D eigenvalue weighted by Crippen LogP contribution is 2.44. The summed E-state index contributed by atoms with van der Waals surface area (Å²) in [6.07, 6.45) is -2.86. The molecule has 1 aromatic carbocycles. The molecule has 1 aromatic heterocycles. The first-order valence-corrected chi connectivity index (χ1v) is 4.86. The van der Waals surface area contributed by atoms with Crippen molar-refractivity contribution in [3.63, 3.8) is 0 Å². The van der Waals surface area contributed by atoms with Crippen LogP contribution >= 0.6 is 0 Å². The zero-order valence-electron chi connectivity index (χ0n) is 8.80. The second-order valence-corrected chi connectivity index (χ2v) is 3.64. The molecule has 2 rings (SSSR count). The van der Waals surface area contributed by atoms with E-state index in [4.69, 9.17) is 0 Å². The number of hydrogen-bond donors (Lipinski definition) is 1. The van der Waals surface area contributed by atoms with E-state index in [2.05, 4.69) is 10.2 Å². The van der Waals surface area contributed by atoms with E-state index in [9.17, 15) is 22.0 Å². The van der Waals surface area contributed by atoms with Crippen LogP contribution in [0.5, 0.6) is 0 Å². The fourth-order valence-corrected chi connectivity index (χ4v) is 1.47. The molecule has 1 N–H and O–H groups in total. The third kappa shape index (κ3) is 2.07. The predicted molar refractivity (Wildman–Crippen MR) is 54.0 cm³/mol. The van der Waals surface area contributed by atoms with Gasteiger partial charge in [0.05, 0.1) is 6.20 Å². The first-order chi connectivity index (χ1) is 8.32. The molecule has 18 heavy (non-hydrogen) atoms. The highest BCUT2D eigenvalue weighted by Gasteiger charge is 2.58. The molecule has 2 nitrogen and oxygen atoms in total. The molecule has 0 saturated carbocycles. The Labute approximate surface area is 98.4 Å². The summed E-state index contributed by atoms with van der Waals surface area (Å²) in [5.41, 5.74) is -0.409. The van der Waals surface area contributed by atoms with E-state index >= 15 is 0 Å². The van der Waals surface area contributed by atoms with Gasteiger partial charge in [0.1, 0.15) is 0 Å². The number of alkyl halides is 5. The van der Waals surface area contributed by atoms with Gasteiger partial charge in [-0.2, -0.15) is 27.1 Å². The Morgan fingerprint density at radius 3 is 2.28 bits per heavy atom. The number of H-pyrrole nitrogens is 1. The summed E-state index contributed by atoms with van der Waals surface area (Å²) in [6, 6.07) is 4.13. The normalized spacial score (nSPS) is 12.7. The van der Waals surface area contributed by atoms with Crippen LogP contribution in [0.2, 0.25) is 0 Å². The average Bonchev–Trinajstić information content (AvgIpc) is 2.81. The van der Waals surface area contributed by atoms with Gasteiger partial charge >= 0.3 is 12.1 Å². The van der Waals surface area contributed by atoms with E-state index in [1.54, 1.807) is 0 Å². The zero-order chi connectivity index (χ0) is 13.4. The van der Waals surface area contributed by atoms with Gasteiger partial charge in [0.2, 0.25) is 0 Å². The van der Waals surface area contributed by atoms with Crippen molar-refractivity contribution in [3.05, 3.63) is 42.2 Å². The maximum absolute atomic E-state index is 13.1. The van der Waals surface area contributed by atoms with Gasteiger partial charge in [-0.05, 0) is 11.6 Å². The zero-order valence-corrected chi connectivity index (χ0v) is 8.80. The van der Waals surface area contributed by atoms with Crippen molar-refractivity contribution in [1.29, 1.82) is 0 Å². The maximum Gasteiger partial charge on any atom is 0.458 e. The lowest BCUT2D eigenvalue weighted by Crippen LogP contribution is -2.33. The lowest BCUT2D eigenvalue weighted by Gasteiger charge is -2.20. The number of rotatable bonds is 2. The van der Waals surface area contributed by atoms with Crippen molar-refractivity contribution in [2.75, 3.05) is 0 Å². The minimum absolute atomic E-state index is 0.241. The SMILES string of the molecule is FC(F)(F)C(F)(F)c1cccc(-c2cn[nH]c2)c1. The van der Waals surface area contributed by atoms with Crippen molar-refractivity contribution in [2.24, 2.45) is 0 Å². The van der Waals surface area contributed by atoms with Gasteiger partial charge in [0.25, 0.3) is 0 Å². The summed E-state index contributed by atoms with van der Waals surface area (Å²) in [5, 5.41) is 6.06. The third-order valence-corrected chi connectivity index (χ3v) is 2.41. The standard InChI is InChI=1S/C11H7F5N2/c12-10(13,11(14,15)16)9-3-1-2-7(4-9)8-5-17-18-6-8/h1-6H,(H,17,18). The molecule has 0 spiro atoms. The van der Waals surface area contributed by atoms with Gasteiger partial charge in [-0.25, -0.2) is 0 Å². The van der Waals surface area contributed by atoms with E-state index in [1.807, 2.05) is 0 Å². The summed E-state index contributed by atoms with van der Waals surface area (Å²) in [6.45, 7) is 0. The predicted octanol–water partition coefficient (Wildman–Crippen LogP) is 3.73. The number of halogens is 5. The molecule has 0 aliphatic rings. The van der Waals surface area contributed by atoms with Crippen LogP contribution in [0.15, 0.2) is 36.7 Å². The lowest BCUT2D eigenvalue weighted by molar-refractivity contribution is -0.289. The molecule has 0 aliphatic carbocycles. The smallest absolute Gasteiger partial charge is 0.285 e. The fraction of sp³-hybridized carbons (Fsp3) is 0.182. The highest BCUT2D eigenvalue weighted by atomic mass is 19.4. The molecule has 2 aromatic rings. The van der Waals surface area contributed by atoms with E-state index in [0.717, 1.165) is 18.2 Å². The second kappa shape index (κ2) is 4.08. The molecular weight excluding hydrogens is 255 g/mol. The van der Waals surface area contributed by atoms with Crippen LogP contribution < -0.4 is 0 Å². The van der Waals surface area contributed by atoms with Gasteiger partial charge in [0, 0.05) is 17.3 Å². The van der Waals surface area contributed by atoms with E-state index in [1.165, 1.54) is 18.5 Å². The minimum atomic E-state index is -5.61. The first kappa shape index (κ1) is 12.5. The summed E-state index contributed by atoms with van der Waals surface area (Å²) in [7, 11) is 0. The van der Waals surface area contributed by atoms with Gasteiger partial charge in [-0.15, -0.1) is 0 Å². The van der Waals surface area contributed by atoms with Crippen molar-refractivity contribution >= 4 is 0 Å². The molecular formula is C11H7F5N2. The summed E-state index contributed by atoms with van der Waals surface area (Å²) < 4.78 is 62.9. The molecule has 0 unspecified atom stereocenters. The molecule has 1 heterocycles. The summed E-state index contributed by atoms with van der Waals surface area (Å²) in [5.74, 6) is -4.87. The summed E-state index contributed by atoms with van der Waals surface area (Å²) in [4.78, 5) is 0. The Morgan fingerprint density at radius 1 is 1.00 bits per heavy atom. The minimum Gasteiger partial charge on any atom is -0.285 e. The van der Waals surface area contributed by atoms with Crippen LogP contribution in [-0.4, -0.2) is 16.4 Å². The first-order valence-electron chi connectivity index (χ1n) is 4.86. The number of aromatic amines is 1. The van der Waals surface area contributed by atoms with E-state index in [-0.39, 0.29) is 5.56 Å². The van der Waals surface area contributed by atoms with E-state index in [0.29, 0.717) is 5.56 Å². The van der Waals surface area contributed by atoms with Crippen LogP contribution in [0.4, 0.5) is 22.0 Å². The second-order valence-electron chi connectivity index (χ2n) is 3.64. The molecule has 96 valence electrons. The Hall–Kier alpha value is -1.92. The Morgan fingerprint density at radius 2 is 1.72 bits per heavy atom. The molecule has 0 fully saturated rings. The van der Waals surface area contributed by atoms with Crippen molar-refractivity contribution in [2.45, 2.75) is 12.1 Å². The number of nitrogens with one attached hydrogen (secondary N) is 1. The van der Waals surface area contributed by atoms with Gasteiger partial charge < -0.3 is 0 Å². The number of benzene rings is 1. The van der Waals surface area contributed by atoms with Gasteiger partial charge in [0.15, 0.2) is 0 Å². The molecule has 0 aliphatic heterocycles.